The summed E-state index contributed by atoms with van der Waals surface area (Å²) in [5.74, 6) is -0.465. The van der Waals surface area contributed by atoms with Gasteiger partial charge in [-0.15, -0.1) is 0 Å². The maximum atomic E-state index is 12.8. The van der Waals surface area contributed by atoms with Gasteiger partial charge in [0, 0.05) is 23.4 Å². The summed E-state index contributed by atoms with van der Waals surface area (Å²) in [4.78, 5) is 23.4. The van der Waals surface area contributed by atoms with Crippen LogP contribution in [0, 0.1) is 5.82 Å². The molecule has 0 saturated heterocycles. The molecule has 26 heavy (non-hydrogen) atoms. The lowest BCUT2D eigenvalue weighted by atomic mass is 10.2. The number of rotatable bonds is 7. The number of benzene rings is 2. The molecule has 136 valence electrons. The summed E-state index contributed by atoms with van der Waals surface area (Å²) < 4.78 is 28.0. The van der Waals surface area contributed by atoms with Gasteiger partial charge in [-0.25, -0.2) is 9.18 Å². The number of halogens is 1. The SMILES string of the molecule is COc1ccc(C=CC(=O)OCC(=O)Nc2ccc(F)cc2)c(OC)c1. The van der Waals surface area contributed by atoms with E-state index in [2.05, 4.69) is 5.32 Å². The van der Waals surface area contributed by atoms with E-state index >= 15 is 0 Å². The zero-order valence-electron chi connectivity index (χ0n) is 14.3. The lowest BCUT2D eigenvalue weighted by Crippen LogP contribution is -2.20. The second-order valence-corrected chi connectivity index (χ2v) is 5.10. The molecule has 0 fully saturated rings. The van der Waals surface area contributed by atoms with Gasteiger partial charge >= 0.3 is 5.97 Å². The maximum absolute atomic E-state index is 12.8. The van der Waals surface area contributed by atoms with Crippen LogP contribution in [-0.2, 0) is 14.3 Å². The van der Waals surface area contributed by atoms with Crippen molar-refractivity contribution >= 4 is 23.6 Å². The highest BCUT2D eigenvalue weighted by molar-refractivity contribution is 5.94. The average Bonchev–Trinajstić information content (AvgIpc) is 2.66. The number of carbonyl (C=O) groups excluding carboxylic acids is 2. The third-order valence-electron chi connectivity index (χ3n) is 3.31. The summed E-state index contributed by atoms with van der Waals surface area (Å²) in [5, 5.41) is 2.49. The summed E-state index contributed by atoms with van der Waals surface area (Å²) in [7, 11) is 3.04. The molecule has 2 aromatic carbocycles. The first-order chi connectivity index (χ1) is 12.5. The van der Waals surface area contributed by atoms with Crippen LogP contribution in [0.1, 0.15) is 5.56 Å². The molecule has 1 N–H and O–H groups in total. The van der Waals surface area contributed by atoms with Gasteiger partial charge in [0.25, 0.3) is 5.91 Å². The first kappa shape index (κ1) is 19.0. The normalized spacial score (nSPS) is 10.4. The number of hydrogen-bond donors (Lipinski definition) is 1. The summed E-state index contributed by atoms with van der Waals surface area (Å²) in [6.07, 6.45) is 2.70. The average molecular weight is 359 g/mol. The van der Waals surface area contributed by atoms with Gasteiger partial charge in [0.1, 0.15) is 17.3 Å². The predicted molar refractivity (Wildman–Crippen MR) is 94.6 cm³/mol. The fourth-order valence-electron chi connectivity index (χ4n) is 2.03. The van der Waals surface area contributed by atoms with E-state index < -0.39 is 24.3 Å². The predicted octanol–water partition coefficient (Wildman–Crippen LogP) is 3.04. The third kappa shape index (κ3) is 5.62. The van der Waals surface area contributed by atoms with Gasteiger partial charge in [0.05, 0.1) is 14.2 Å². The minimum absolute atomic E-state index is 0.408. The molecule has 0 aliphatic heterocycles. The number of ether oxygens (including phenoxy) is 3. The Kier molecular flexibility index (Phi) is 6.73. The largest absolute Gasteiger partial charge is 0.497 e. The number of hydrogen-bond acceptors (Lipinski definition) is 5. The number of nitrogens with one attached hydrogen (secondary N) is 1. The molecule has 7 heteroatoms. The van der Waals surface area contributed by atoms with E-state index in [4.69, 9.17) is 14.2 Å². The molecule has 0 atom stereocenters. The molecule has 0 unspecified atom stereocenters. The monoisotopic (exact) mass is 359 g/mol. The van der Waals surface area contributed by atoms with Crippen molar-refractivity contribution in [2.45, 2.75) is 0 Å². The van der Waals surface area contributed by atoms with Gasteiger partial charge in [0.15, 0.2) is 6.61 Å². The molecule has 2 rings (SSSR count). The fourth-order valence-corrected chi connectivity index (χ4v) is 2.03. The Bertz CT molecular complexity index is 802. The summed E-state index contributed by atoms with van der Waals surface area (Å²) in [6, 6.07) is 10.4. The highest BCUT2D eigenvalue weighted by atomic mass is 19.1. The minimum Gasteiger partial charge on any atom is -0.497 e. The van der Waals surface area contributed by atoms with Gasteiger partial charge in [-0.3, -0.25) is 4.79 Å². The highest BCUT2D eigenvalue weighted by Gasteiger charge is 2.07. The van der Waals surface area contributed by atoms with Crippen molar-refractivity contribution in [1.82, 2.24) is 0 Å². The molecule has 0 aliphatic carbocycles. The Hall–Kier alpha value is -3.35. The van der Waals surface area contributed by atoms with Crippen LogP contribution < -0.4 is 14.8 Å². The molecule has 0 heterocycles. The van der Waals surface area contributed by atoms with E-state index in [1.807, 2.05) is 0 Å². The number of esters is 1. The lowest BCUT2D eigenvalue weighted by molar-refractivity contribution is -0.142. The van der Waals surface area contributed by atoms with Crippen molar-refractivity contribution in [1.29, 1.82) is 0 Å². The van der Waals surface area contributed by atoms with E-state index in [-0.39, 0.29) is 0 Å². The first-order valence-corrected chi connectivity index (χ1v) is 7.64. The molecule has 0 spiro atoms. The van der Waals surface area contributed by atoms with E-state index in [0.29, 0.717) is 22.7 Å². The van der Waals surface area contributed by atoms with Crippen molar-refractivity contribution in [3.8, 4) is 11.5 Å². The maximum Gasteiger partial charge on any atom is 0.331 e. The second-order valence-electron chi connectivity index (χ2n) is 5.10. The Balaban J connectivity index is 1.87. The molecule has 0 bridgehead atoms. The quantitative estimate of drug-likeness (QED) is 0.608. The molecule has 0 saturated carbocycles. The molecule has 2 aromatic rings. The zero-order valence-corrected chi connectivity index (χ0v) is 14.3. The van der Waals surface area contributed by atoms with Crippen LogP contribution in [-0.4, -0.2) is 32.7 Å². The summed E-state index contributed by atoms with van der Waals surface area (Å²) in [5.41, 5.74) is 1.06. The Labute approximate surface area is 150 Å². The number of anilines is 1. The van der Waals surface area contributed by atoms with Gasteiger partial charge in [-0.1, -0.05) is 0 Å². The standard InChI is InChI=1S/C19H18FNO5/c1-24-16-9-3-13(17(11-16)25-2)4-10-19(23)26-12-18(22)21-15-7-5-14(20)6-8-15/h3-11H,12H2,1-2H3,(H,21,22). The molecule has 0 aliphatic rings. The number of methoxy groups -OCH3 is 2. The zero-order chi connectivity index (χ0) is 18.9. The van der Waals surface area contributed by atoms with Crippen LogP contribution in [0.5, 0.6) is 11.5 Å². The van der Waals surface area contributed by atoms with Gasteiger partial charge < -0.3 is 19.5 Å². The van der Waals surface area contributed by atoms with Crippen LogP contribution in [0.25, 0.3) is 6.08 Å². The smallest absolute Gasteiger partial charge is 0.331 e. The van der Waals surface area contributed by atoms with E-state index in [1.165, 1.54) is 43.5 Å². The second kappa shape index (κ2) is 9.22. The van der Waals surface area contributed by atoms with Crippen molar-refractivity contribution in [3.05, 3.63) is 59.9 Å². The molecule has 6 nitrogen and oxygen atoms in total. The van der Waals surface area contributed by atoms with Crippen molar-refractivity contribution in [2.75, 3.05) is 26.1 Å². The van der Waals surface area contributed by atoms with Crippen molar-refractivity contribution in [3.63, 3.8) is 0 Å². The van der Waals surface area contributed by atoms with Crippen LogP contribution in [0.2, 0.25) is 0 Å². The van der Waals surface area contributed by atoms with Crippen LogP contribution >= 0.6 is 0 Å². The van der Waals surface area contributed by atoms with Gasteiger partial charge in [0.2, 0.25) is 0 Å². The minimum atomic E-state index is -0.683. The Morgan fingerprint density at radius 1 is 1.08 bits per heavy atom. The number of carbonyl (C=O) groups is 2. The summed E-state index contributed by atoms with van der Waals surface area (Å²) in [6.45, 7) is -0.458. The van der Waals surface area contributed by atoms with E-state index in [0.717, 1.165) is 0 Å². The van der Waals surface area contributed by atoms with Crippen molar-refractivity contribution < 1.29 is 28.2 Å². The lowest BCUT2D eigenvalue weighted by Gasteiger charge is -2.07. The highest BCUT2D eigenvalue weighted by Crippen LogP contribution is 2.25. The fraction of sp³-hybridized carbons (Fsp3) is 0.158. The summed E-state index contributed by atoms with van der Waals surface area (Å²) >= 11 is 0. The van der Waals surface area contributed by atoms with Gasteiger partial charge in [-0.05, 0) is 42.5 Å². The molecular formula is C19H18FNO5. The van der Waals surface area contributed by atoms with Crippen LogP contribution in [0.4, 0.5) is 10.1 Å². The molecule has 0 aromatic heterocycles. The van der Waals surface area contributed by atoms with E-state index in [1.54, 1.807) is 25.3 Å². The molecular weight excluding hydrogens is 341 g/mol. The van der Waals surface area contributed by atoms with Crippen molar-refractivity contribution in [2.24, 2.45) is 0 Å². The number of amides is 1. The molecule has 1 amide bonds. The molecule has 0 radical (unpaired) electrons. The first-order valence-electron chi connectivity index (χ1n) is 7.64. The topological polar surface area (TPSA) is 73.9 Å². The van der Waals surface area contributed by atoms with E-state index in [9.17, 15) is 14.0 Å². The Morgan fingerprint density at radius 3 is 2.46 bits per heavy atom. The Morgan fingerprint density at radius 2 is 1.81 bits per heavy atom. The third-order valence-corrected chi connectivity index (χ3v) is 3.31. The van der Waals surface area contributed by atoms with Crippen LogP contribution in [0.15, 0.2) is 48.5 Å². The van der Waals surface area contributed by atoms with Crippen LogP contribution in [0.3, 0.4) is 0 Å². The van der Waals surface area contributed by atoms with Gasteiger partial charge in [-0.2, -0.15) is 0 Å².